The molecule has 6 nitrogen and oxygen atoms in total. The normalized spacial score (nSPS) is 18.1. The number of aromatic nitrogens is 5. The van der Waals surface area contributed by atoms with E-state index in [-0.39, 0.29) is 11.7 Å². The lowest BCUT2D eigenvalue weighted by Crippen LogP contribution is -2.14. The molecule has 1 saturated carbocycles. The minimum atomic E-state index is -0.459. The van der Waals surface area contributed by atoms with Gasteiger partial charge in [0, 0.05) is 17.3 Å². The fourth-order valence-electron chi connectivity index (χ4n) is 5.97. The van der Waals surface area contributed by atoms with Gasteiger partial charge in [-0.15, -0.1) is 0 Å². The van der Waals surface area contributed by atoms with E-state index in [1.165, 1.54) is 43.9 Å². The van der Waals surface area contributed by atoms with E-state index in [2.05, 4.69) is 53.6 Å². The summed E-state index contributed by atoms with van der Waals surface area (Å²) in [6.45, 7) is 12.6. The summed E-state index contributed by atoms with van der Waals surface area (Å²) in [6, 6.07) is 8.33. The minimum absolute atomic E-state index is 0.242. The first-order valence-corrected chi connectivity index (χ1v) is 13.5. The zero-order valence-electron chi connectivity index (χ0n) is 22.8. The monoisotopic (exact) mass is 500 g/mol. The molecule has 1 aliphatic rings. The van der Waals surface area contributed by atoms with Crippen molar-refractivity contribution >= 4 is 22.8 Å². The first kappa shape index (κ1) is 25.3. The molecule has 4 aromatic rings. The number of nitrogens with one attached hydrogen (secondary N) is 1. The molecule has 0 radical (unpaired) electrons. The number of hydrogen-bond acceptors (Lipinski definition) is 5. The van der Waals surface area contributed by atoms with Gasteiger partial charge in [-0.2, -0.15) is 0 Å². The van der Waals surface area contributed by atoms with E-state index in [0.29, 0.717) is 23.2 Å². The number of hydrogen-bond donors (Lipinski definition) is 1. The van der Waals surface area contributed by atoms with Gasteiger partial charge in [0.25, 0.3) is 0 Å². The van der Waals surface area contributed by atoms with Gasteiger partial charge in [-0.3, -0.25) is 0 Å². The van der Waals surface area contributed by atoms with Crippen molar-refractivity contribution in [3.8, 4) is 11.3 Å². The van der Waals surface area contributed by atoms with Crippen LogP contribution in [0, 0.1) is 32.5 Å². The summed E-state index contributed by atoms with van der Waals surface area (Å²) in [4.78, 5) is 18.3. The van der Waals surface area contributed by atoms with Gasteiger partial charge < -0.3 is 9.88 Å². The van der Waals surface area contributed by atoms with Crippen LogP contribution < -0.4 is 5.32 Å². The molecule has 0 amide bonds. The highest BCUT2D eigenvalue weighted by Crippen LogP contribution is 2.38. The zero-order valence-corrected chi connectivity index (χ0v) is 22.8. The molecule has 0 unspecified atom stereocenters. The molecule has 0 aliphatic heterocycles. The molecule has 1 aromatic carbocycles. The van der Waals surface area contributed by atoms with Crippen LogP contribution in [0.5, 0.6) is 0 Å². The van der Waals surface area contributed by atoms with E-state index in [1.54, 1.807) is 0 Å². The maximum absolute atomic E-state index is 15.0. The van der Waals surface area contributed by atoms with Crippen molar-refractivity contribution in [2.24, 2.45) is 5.92 Å². The van der Waals surface area contributed by atoms with E-state index in [1.807, 2.05) is 32.0 Å². The van der Waals surface area contributed by atoms with E-state index < -0.39 is 5.82 Å². The molecular weight excluding hydrogens is 463 g/mol. The minimum Gasteiger partial charge on any atom is -0.326 e. The molecule has 7 heteroatoms. The van der Waals surface area contributed by atoms with Crippen LogP contribution in [-0.4, -0.2) is 24.5 Å². The van der Waals surface area contributed by atoms with E-state index in [9.17, 15) is 4.39 Å². The van der Waals surface area contributed by atoms with Crippen LogP contribution in [0.3, 0.4) is 0 Å². The molecule has 1 aliphatic carbocycles. The predicted molar refractivity (Wildman–Crippen MR) is 148 cm³/mol. The Bertz CT molecular complexity index is 1430. The summed E-state index contributed by atoms with van der Waals surface area (Å²) in [7, 11) is 0. The molecule has 0 bridgehead atoms. The number of fused-ring (bicyclic) bond motifs is 1. The largest absolute Gasteiger partial charge is 0.326 e. The van der Waals surface area contributed by atoms with Crippen LogP contribution >= 0.6 is 0 Å². The van der Waals surface area contributed by atoms with Crippen molar-refractivity contribution in [1.29, 1.82) is 0 Å². The van der Waals surface area contributed by atoms with E-state index >= 15 is 0 Å². The van der Waals surface area contributed by atoms with Crippen molar-refractivity contribution in [3.63, 3.8) is 0 Å². The molecule has 37 heavy (non-hydrogen) atoms. The Labute approximate surface area is 218 Å². The van der Waals surface area contributed by atoms with Crippen LogP contribution in [0.1, 0.15) is 87.5 Å². The molecular formula is C30H37FN6. The van der Waals surface area contributed by atoms with Crippen LogP contribution in [-0.2, 0) is 0 Å². The number of aryl methyl sites for hydroxylation is 3. The van der Waals surface area contributed by atoms with Crippen LogP contribution in [0.2, 0.25) is 0 Å². The first-order chi connectivity index (χ1) is 17.7. The third kappa shape index (κ3) is 4.96. The smallest absolute Gasteiger partial charge is 0.229 e. The van der Waals surface area contributed by atoms with Crippen molar-refractivity contribution in [2.75, 3.05) is 5.32 Å². The number of benzene rings is 1. The standard InChI is InChI=1S/C30H37FN6/c1-7-21-8-10-22(11-9-21)24-12-13-27(33-19(24)5)35-30-32-16-25(31)29(36-30)23-14-18(4)28-26(15-23)37(17(2)3)20(6)34-28/h12-17,21-22H,7-11H2,1-6H3,(H,32,33,35,36). The average molecular weight is 501 g/mol. The highest BCUT2D eigenvalue weighted by atomic mass is 19.1. The van der Waals surface area contributed by atoms with Crippen LogP contribution in [0.4, 0.5) is 16.2 Å². The number of imidazole rings is 1. The molecule has 1 fully saturated rings. The van der Waals surface area contributed by atoms with Gasteiger partial charge >= 0.3 is 0 Å². The van der Waals surface area contributed by atoms with Crippen molar-refractivity contribution in [2.45, 2.75) is 85.6 Å². The Kier molecular flexibility index (Phi) is 6.97. The third-order valence-electron chi connectivity index (χ3n) is 7.93. The Hall–Kier alpha value is -3.35. The maximum Gasteiger partial charge on any atom is 0.229 e. The van der Waals surface area contributed by atoms with Gasteiger partial charge in [0.15, 0.2) is 5.82 Å². The number of anilines is 2. The van der Waals surface area contributed by atoms with Crippen molar-refractivity contribution in [3.05, 3.63) is 58.9 Å². The molecule has 5 rings (SSSR count). The van der Waals surface area contributed by atoms with Crippen LogP contribution in [0.25, 0.3) is 22.3 Å². The van der Waals surface area contributed by atoms with Gasteiger partial charge in [0.1, 0.15) is 17.3 Å². The number of halogens is 1. The van der Waals surface area contributed by atoms with Crippen molar-refractivity contribution in [1.82, 2.24) is 24.5 Å². The molecule has 3 heterocycles. The second-order valence-corrected chi connectivity index (χ2v) is 10.8. The molecule has 3 aromatic heterocycles. The number of rotatable bonds is 6. The molecule has 1 N–H and O–H groups in total. The van der Waals surface area contributed by atoms with E-state index in [0.717, 1.165) is 34.0 Å². The summed E-state index contributed by atoms with van der Waals surface area (Å²) >= 11 is 0. The summed E-state index contributed by atoms with van der Waals surface area (Å²) in [5.74, 6) is 2.93. The lowest BCUT2D eigenvalue weighted by molar-refractivity contribution is 0.318. The first-order valence-electron chi connectivity index (χ1n) is 13.5. The topological polar surface area (TPSA) is 68.5 Å². The fourth-order valence-corrected chi connectivity index (χ4v) is 5.97. The molecule has 0 spiro atoms. The summed E-state index contributed by atoms with van der Waals surface area (Å²) < 4.78 is 17.1. The van der Waals surface area contributed by atoms with Gasteiger partial charge in [-0.25, -0.2) is 24.3 Å². The average Bonchev–Trinajstić information content (AvgIpc) is 3.22. The zero-order chi connectivity index (χ0) is 26.3. The fraction of sp³-hybridized carbons (Fsp3) is 0.467. The second kappa shape index (κ2) is 10.2. The summed E-state index contributed by atoms with van der Waals surface area (Å²) in [5.41, 5.74) is 6.24. The number of pyridine rings is 1. The third-order valence-corrected chi connectivity index (χ3v) is 7.93. The van der Waals surface area contributed by atoms with Crippen molar-refractivity contribution < 1.29 is 4.39 Å². The maximum atomic E-state index is 15.0. The van der Waals surface area contributed by atoms with Gasteiger partial charge in [0.05, 0.1) is 17.2 Å². The SMILES string of the molecule is CCC1CCC(c2ccc(Nc3ncc(F)c(-c4cc(C)c5nc(C)n(C(C)C)c5c4)n3)nc2C)CC1. The Morgan fingerprint density at radius 3 is 2.46 bits per heavy atom. The Morgan fingerprint density at radius 2 is 1.78 bits per heavy atom. The summed E-state index contributed by atoms with van der Waals surface area (Å²) in [6.07, 6.45) is 7.57. The van der Waals surface area contributed by atoms with Gasteiger partial charge in [0.2, 0.25) is 5.95 Å². The second-order valence-electron chi connectivity index (χ2n) is 10.8. The molecule has 0 atom stereocenters. The lowest BCUT2D eigenvalue weighted by atomic mass is 9.77. The highest BCUT2D eigenvalue weighted by Gasteiger charge is 2.23. The van der Waals surface area contributed by atoms with E-state index in [4.69, 9.17) is 9.97 Å². The quantitative estimate of drug-likeness (QED) is 0.291. The molecule has 0 saturated heterocycles. The Balaban J connectivity index is 1.42. The summed E-state index contributed by atoms with van der Waals surface area (Å²) in [5, 5.41) is 3.20. The molecule has 194 valence electrons. The highest BCUT2D eigenvalue weighted by molar-refractivity contribution is 5.85. The number of nitrogens with zero attached hydrogens (tertiary/aromatic N) is 5. The lowest BCUT2D eigenvalue weighted by Gasteiger charge is -2.28. The van der Waals surface area contributed by atoms with Crippen LogP contribution in [0.15, 0.2) is 30.5 Å². The predicted octanol–water partition coefficient (Wildman–Crippen LogP) is 7.96. The van der Waals surface area contributed by atoms with Gasteiger partial charge in [-0.1, -0.05) is 19.4 Å². The van der Waals surface area contributed by atoms with Gasteiger partial charge in [-0.05, 0) is 101 Å². The Morgan fingerprint density at radius 1 is 1.03 bits per heavy atom.